The molecule has 0 saturated heterocycles. The molecule has 0 saturated carbocycles. The van der Waals surface area contributed by atoms with Crippen LogP contribution in [0.2, 0.25) is 0 Å². The average molecular weight is 727 g/mol. The smallest absolute Gasteiger partial charge is 0.308 e. The van der Waals surface area contributed by atoms with E-state index in [0.29, 0.717) is 5.56 Å². The molecule has 2 aliphatic heterocycles. The zero-order valence-corrected chi connectivity index (χ0v) is 28.4. The molecular formula is C38H30O15. The number of phenolic OH excluding ortho intramolecular Hbond substituents is 3. The van der Waals surface area contributed by atoms with E-state index in [-0.39, 0.29) is 62.5 Å². The summed E-state index contributed by atoms with van der Waals surface area (Å²) in [7, 11) is 0. The summed E-state index contributed by atoms with van der Waals surface area (Å²) in [5, 5.41) is 43.7. The maximum Gasteiger partial charge on any atom is 0.308 e. The lowest BCUT2D eigenvalue weighted by Crippen LogP contribution is -2.31. The number of ketones is 1. The van der Waals surface area contributed by atoms with E-state index in [1.54, 1.807) is 0 Å². The molecule has 15 heteroatoms. The Morgan fingerprint density at radius 1 is 0.679 bits per heavy atom. The van der Waals surface area contributed by atoms with Crippen molar-refractivity contribution in [1.82, 2.24) is 0 Å². The van der Waals surface area contributed by atoms with Crippen LogP contribution in [-0.2, 0) is 19.2 Å². The van der Waals surface area contributed by atoms with Crippen LogP contribution in [0.4, 0.5) is 0 Å². The van der Waals surface area contributed by atoms with Crippen LogP contribution in [0.3, 0.4) is 0 Å². The summed E-state index contributed by atoms with van der Waals surface area (Å²) in [4.78, 5) is 62.3. The number of aliphatic hydroxyl groups excluding tert-OH is 1. The number of fused-ring (bicyclic) bond motifs is 2. The Morgan fingerprint density at radius 2 is 1.30 bits per heavy atom. The molecule has 1 unspecified atom stereocenters. The van der Waals surface area contributed by atoms with E-state index >= 15 is 0 Å². The molecule has 0 spiro atoms. The van der Waals surface area contributed by atoms with Crippen molar-refractivity contribution >= 4 is 35.4 Å². The number of hydrogen-bond acceptors (Lipinski definition) is 15. The summed E-state index contributed by atoms with van der Waals surface area (Å²) in [6, 6.07) is 13.0. The van der Waals surface area contributed by atoms with Gasteiger partial charge in [-0.2, -0.15) is 0 Å². The number of hydrogen-bond donors (Lipinski definition) is 4. The second kappa shape index (κ2) is 14.0. The Balaban J connectivity index is 1.57. The minimum absolute atomic E-state index is 0.0898. The van der Waals surface area contributed by atoms with Crippen LogP contribution >= 0.6 is 0 Å². The normalized spacial score (nSPS) is 17.2. The van der Waals surface area contributed by atoms with Gasteiger partial charge in [-0.25, -0.2) is 0 Å². The highest BCUT2D eigenvalue weighted by molar-refractivity contribution is 6.08. The van der Waals surface area contributed by atoms with Gasteiger partial charge in [0, 0.05) is 51.5 Å². The Kier molecular flexibility index (Phi) is 9.52. The van der Waals surface area contributed by atoms with Gasteiger partial charge < -0.3 is 48.8 Å². The Labute approximate surface area is 300 Å². The van der Waals surface area contributed by atoms with Crippen molar-refractivity contribution in [2.45, 2.75) is 45.8 Å². The summed E-state index contributed by atoms with van der Waals surface area (Å²) in [5.41, 5.74) is -0.272. The van der Waals surface area contributed by atoms with Gasteiger partial charge in [0.15, 0.2) is 17.3 Å². The van der Waals surface area contributed by atoms with Gasteiger partial charge in [0.1, 0.15) is 63.8 Å². The van der Waals surface area contributed by atoms with E-state index in [0.717, 1.165) is 39.0 Å². The predicted molar refractivity (Wildman–Crippen MR) is 180 cm³/mol. The molecule has 4 aromatic carbocycles. The molecule has 0 amide bonds. The van der Waals surface area contributed by atoms with Gasteiger partial charge >= 0.3 is 23.9 Å². The molecule has 2 heterocycles. The number of phenols is 3. The highest BCUT2D eigenvalue weighted by Gasteiger charge is 2.46. The lowest BCUT2D eigenvalue weighted by molar-refractivity contribution is -0.134. The van der Waals surface area contributed by atoms with Gasteiger partial charge in [-0.3, -0.25) is 24.0 Å². The molecule has 15 nitrogen and oxygen atoms in total. The number of Topliss-reactive ketones (excluding diaryl/α,β-unsaturated/α-hetero) is 1. The third-order valence-electron chi connectivity index (χ3n) is 8.04. The van der Waals surface area contributed by atoms with Crippen LogP contribution in [-0.4, -0.2) is 50.1 Å². The molecule has 0 aliphatic carbocycles. The molecule has 272 valence electrons. The van der Waals surface area contributed by atoms with E-state index < -0.39 is 65.0 Å². The number of rotatable bonds is 7. The first-order chi connectivity index (χ1) is 25.1. The molecule has 3 atom stereocenters. The van der Waals surface area contributed by atoms with Crippen LogP contribution in [0.25, 0.3) is 5.76 Å². The van der Waals surface area contributed by atoms with Crippen molar-refractivity contribution in [1.29, 1.82) is 0 Å². The summed E-state index contributed by atoms with van der Waals surface area (Å²) in [6.07, 6.45) is -1.72. The van der Waals surface area contributed by atoms with Gasteiger partial charge in [0.05, 0.1) is 17.0 Å². The summed E-state index contributed by atoms with van der Waals surface area (Å²) in [5.74, 6) is -7.89. The van der Waals surface area contributed by atoms with Gasteiger partial charge in [-0.15, -0.1) is 0 Å². The van der Waals surface area contributed by atoms with Crippen molar-refractivity contribution in [2.24, 2.45) is 0 Å². The third kappa shape index (κ3) is 7.18. The molecule has 53 heavy (non-hydrogen) atoms. The quantitative estimate of drug-likeness (QED) is 0.144. The van der Waals surface area contributed by atoms with Gasteiger partial charge in [-0.1, -0.05) is 12.1 Å². The van der Waals surface area contributed by atoms with Crippen LogP contribution in [0.1, 0.15) is 78.4 Å². The Hall–Kier alpha value is -6.87. The van der Waals surface area contributed by atoms with E-state index in [4.69, 9.17) is 28.4 Å². The molecule has 6 rings (SSSR count). The maximum atomic E-state index is 14.6. The van der Waals surface area contributed by atoms with Crippen molar-refractivity contribution in [3.8, 4) is 51.7 Å². The first-order valence-corrected chi connectivity index (χ1v) is 15.8. The van der Waals surface area contributed by atoms with Crippen molar-refractivity contribution < 1.29 is 72.8 Å². The average Bonchev–Trinajstić information content (AvgIpc) is 3.05. The van der Waals surface area contributed by atoms with Crippen molar-refractivity contribution in [3.63, 3.8) is 0 Å². The minimum Gasteiger partial charge on any atom is -0.508 e. The number of aliphatic hydroxyl groups is 1. The van der Waals surface area contributed by atoms with Crippen molar-refractivity contribution in [2.75, 3.05) is 0 Å². The van der Waals surface area contributed by atoms with Crippen LogP contribution < -0.4 is 28.4 Å². The summed E-state index contributed by atoms with van der Waals surface area (Å²) >= 11 is 0. The fourth-order valence-corrected chi connectivity index (χ4v) is 6.10. The lowest BCUT2D eigenvalue weighted by Gasteiger charge is -2.36. The van der Waals surface area contributed by atoms with E-state index in [9.17, 15) is 44.4 Å². The third-order valence-corrected chi connectivity index (χ3v) is 8.04. The summed E-state index contributed by atoms with van der Waals surface area (Å²) in [6.45, 7) is 4.58. The van der Waals surface area contributed by atoms with Crippen molar-refractivity contribution in [3.05, 3.63) is 94.6 Å². The molecule has 0 radical (unpaired) electrons. The lowest BCUT2D eigenvalue weighted by atomic mass is 9.78. The standard InChI is InChI=1S/C38H30O15/c1-16(39)48-23-8-5-20(6-9-23)37-35(36(47)33-24(44)12-22(43)13-30(33)53-37)34-31(51-19(4)42)15-26(46)32-25(45)14-28(52-38(32)34)21-7-10-27(49-17(2)40)29(11-21)50-18(3)41/h5-15,25,35,37,43-46H,1-4H3/t25?,35-,37+/m0/s1. The number of carbonyl (C=O) groups excluding carboxylic acids is 5. The molecule has 0 fully saturated rings. The van der Waals surface area contributed by atoms with E-state index in [2.05, 4.69) is 0 Å². The largest absolute Gasteiger partial charge is 0.508 e. The predicted octanol–water partition coefficient (Wildman–Crippen LogP) is 5.07. The second-order valence-electron chi connectivity index (χ2n) is 12.0. The molecule has 2 aliphatic rings. The van der Waals surface area contributed by atoms with Crippen LogP contribution in [0.5, 0.6) is 51.7 Å². The number of benzene rings is 4. The zero-order chi connectivity index (χ0) is 38.3. The first-order valence-electron chi connectivity index (χ1n) is 15.8. The fourth-order valence-electron chi connectivity index (χ4n) is 6.10. The topological polar surface area (TPSA) is 222 Å². The number of ether oxygens (including phenoxy) is 6. The van der Waals surface area contributed by atoms with Gasteiger partial charge in [-0.05, 0) is 42.0 Å². The Bertz CT molecular complexity index is 2240. The Morgan fingerprint density at radius 3 is 1.94 bits per heavy atom. The molecule has 4 N–H and O–H groups in total. The number of carbonyl (C=O) groups is 5. The van der Waals surface area contributed by atoms with Crippen LogP contribution in [0, 0.1) is 0 Å². The number of esters is 4. The zero-order valence-electron chi connectivity index (χ0n) is 28.4. The first kappa shape index (κ1) is 35.9. The second-order valence-corrected chi connectivity index (χ2v) is 12.0. The SMILES string of the molecule is CC(=O)Oc1ccc([C@H]2Oc3cc(O)cc(O)c3C(=O)[C@@H]2c2c(OC(C)=O)cc(O)c3c2OC(c2ccc(OC(C)=O)c(OC(C)=O)c2)=CC3O)cc1. The number of aromatic hydroxyl groups is 3. The van der Waals surface area contributed by atoms with E-state index in [1.807, 2.05) is 0 Å². The summed E-state index contributed by atoms with van der Waals surface area (Å²) < 4.78 is 33.7. The highest BCUT2D eigenvalue weighted by Crippen LogP contribution is 2.56. The van der Waals surface area contributed by atoms with E-state index in [1.165, 1.54) is 55.5 Å². The molecule has 0 bridgehead atoms. The fraction of sp³-hybridized carbons (Fsp3) is 0.184. The molecule has 0 aromatic heterocycles. The van der Waals surface area contributed by atoms with Gasteiger partial charge in [0.2, 0.25) is 0 Å². The molecular weight excluding hydrogens is 696 g/mol. The minimum atomic E-state index is -1.61. The van der Waals surface area contributed by atoms with Crippen LogP contribution in [0.15, 0.2) is 66.7 Å². The monoisotopic (exact) mass is 726 g/mol. The van der Waals surface area contributed by atoms with Gasteiger partial charge in [0.25, 0.3) is 0 Å². The highest BCUT2D eigenvalue weighted by atomic mass is 16.6. The molecule has 4 aromatic rings. The maximum absolute atomic E-state index is 14.6.